The number of hydrogen-bond acceptors (Lipinski definition) is 0. The Morgan fingerprint density at radius 2 is 2.00 bits per heavy atom. The minimum Gasteiger partial charge on any atom is -0.234 e. The summed E-state index contributed by atoms with van der Waals surface area (Å²) in [6, 6.07) is 1.69. The summed E-state index contributed by atoms with van der Waals surface area (Å²) in [5.74, 6) is 0. The van der Waals surface area contributed by atoms with Crippen molar-refractivity contribution in [1.29, 1.82) is 0 Å². The van der Waals surface area contributed by atoms with Gasteiger partial charge in [-0.3, -0.25) is 0 Å². The maximum absolute atomic E-state index is 2.36. The van der Waals surface area contributed by atoms with Crippen LogP contribution in [0.1, 0.15) is 37.8 Å². The first kappa shape index (κ1) is 5.81. The van der Waals surface area contributed by atoms with Crippen LogP contribution in [-0.2, 0) is 0 Å². The molecular formula is C9H13N2+. The largest absolute Gasteiger partial charge is 0.244 e. The van der Waals surface area contributed by atoms with Crippen molar-refractivity contribution in [2.45, 2.75) is 37.8 Å². The zero-order valence-corrected chi connectivity index (χ0v) is 6.61. The van der Waals surface area contributed by atoms with Crippen LogP contribution in [0.3, 0.4) is 0 Å². The number of rotatable bonds is 2. The number of aromatic nitrogens is 2. The van der Waals surface area contributed by atoms with E-state index < -0.39 is 0 Å². The highest BCUT2D eigenvalue weighted by atomic mass is 15.2. The Bertz CT molecular complexity index is 242. The van der Waals surface area contributed by atoms with Gasteiger partial charge in [-0.05, 0) is 25.7 Å². The van der Waals surface area contributed by atoms with Gasteiger partial charge in [-0.15, -0.1) is 0 Å². The zero-order chi connectivity index (χ0) is 7.26. The van der Waals surface area contributed by atoms with Crippen LogP contribution < -0.4 is 4.57 Å². The van der Waals surface area contributed by atoms with Crippen molar-refractivity contribution in [2.75, 3.05) is 0 Å². The van der Waals surface area contributed by atoms with Crippen molar-refractivity contribution in [1.82, 2.24) is 4.57 Å². The lowest BCUT2D eigenvalue weighted by Gasteiger charge is -1.88. The zero-order valence-electron chi connectivity index (χ0n) is 6.61. The lowest BCUT2D eigenvalue weighted by Crippen LogP contribution is -2.28. The third kappa shape index (κ3) is 0.971. The molecule has 2 aliphatic carbocycles. The van der Waals surface area contributed by atoms with Crippen molar-refractivity contribution >= 4 is 0 Å². The summed E-state index contributed by atoms with van der Waals surface area (Å²) in [6.45, 7) is 0. The molecule has 0 aliphatic heterocycles. The molecule has 3 rings (SSSR count). The van der Waals surface area contributed by atoms with Crippen LogP contribution >= 0.6 is 0 Å². The standard InChI is InChI=1S/C9H13N2/c1-2-8(1)10-5-6-11(7-10)9-3-4-9/h5-9H,1-4H2/q+1. The van der Waals surface area contributed by atoms with E-state index in [1.54, 1.807) is 0 Å². The van der Waals surface area contributed by atoms with Crippen LogP contribution in [0, 0.1) is 0 Å². The van der Waals surface area contributed by atoms with Gasteiger partial charge in [0.1, 0.15) is 24.5 Å². The predicted molar refractivity (Wildman–Crippen MR) is 41.2 cm³/mol. The summed E-state index contributed by atoms with van der Waals surface area (Å²) in [6.07, 6.45) is 12.3. The second-order valence-electron chi connectivity index (χ2n) is 3.77. The molecule has 11 heavy (non-hydrogen) atoms. The van der Waals surface area contributed by atoms with Gasteiger partial charge in [0, 0.05) is 0 Å². The quantitative estimate of drug-likeness (QED) is 0.563. The lowest BCUT2D eigenvalue weighted by molar-refractivity contribution is -0.700. The Morgan fingerprint density at radius 1 is 1.18 bits per heavy atom. The molecule has 1 aromatic rings. The molecule has 0 aromatic carbocycles. The van der Waals surface area contributed by atoms with E-state index in [0.717, 1.165) is 12.1 Å². The molecule has 0 bridgehead atoms. The molecule has 58 valence electrons. The molecule has 2 saturated carbocycles. The molecule has 0 radical (unpaired) electrons. The minimum atomic E-state index is 0.843. The topological polar surface area (TPSA) is 8.81 Å². The SMILES string of the molecule is c1c[n+](C2CC2)cn1C1CC1. The molecule has 0 N–H and O–H groups in total. The fraction of sp³-hybridized carbons (Fsp3) is 0.667. The van der Waals surface area contributed by atoms with E-state index >= 15 is 0 Å². The van der Waals surface area contributed by atoms with Gasteiger partial charge in [-0.1, -0.05) is 0 Å². The summed E-state index contributed by atoms with van der Waals surface area (Å²) >= 11 is 0. The van der Waals surface area contributed by atoms with Gasteiger partial charge in [0.05, 0.1) is 0 Å². The molecule has 0 spiro atoms. The fourth-order valence-corrected chi connectivity index (χ4v) is 1.56. The van der Waals surface area contributed by atoms with E-state index in [1.165, 1.54) is 25.7 Å². The smallest absolute Gasteiger partial charge is 0.234 e. The highest BCUT2D eigenvalue weighted by molar-refractivity contribution is 4.85. The van der Waals surface area contributed by atoms with Gasteiger partial charge in [-0.25, -0.2) is 9.13 Å². The Balaban J connectivity index is 1.88. The highest BCUT2D eigenvalue weighted by Gasteiger charge is 2.32. The normalized spacial score (nSPS) is 24.0. The molecule has 0 unspecified atom stereocenters. The summed E-state index contributed by atoms with van der Waals surface area (Å²) in [4.78, 5) is 0. The van der Waals surface area contributed by atoms with E-state index in [4.69, 9.17) is 0 Å². The van der Waals surface area contributed by atoms with Gasteiger partial charge in [0.15, 0.2) is 0 Å². The van der Waals surface area contributed by atoms with Gasteiger partial charge in [0.25, 0.3) is 0 Å². The predicted octanol–water partition coefficient (Wildman–Crippen LogP) is 1.45. The monoisotopic (exact) mass is 149 g/mol. The first-order valence-electron chi connectivity index (χ1n) is 4.52. The van der Waals surface area contributed by atoms with Crippen LogP contribution in [-0.4, -0.2) is 4.57 Å². The molecule has 1 aromatic heterocycles. The van der Waals surface area contributed by atoms with Gasteiger partial charge >= 0.3 is 0 Å². The van der Waals surface area contributed by atoms with E-state index in [9.17, 15) is 0 Å². The Morgan fingerprint density at radius 3 is 2.64 bits per heavy atom. The van der Waals surface area contributed by atoms with Gasteiger partial charge < -0.3 is 0 Å². The molecule has 2 nitrogen and oxygen atoms in total. The maximum atomic E-state index is 2.36. The van der Waals surface area contributed by atoms with Crippen molar-refractivity contribution in [2.24, 2.45) is 0 Å². The van der Waals surface area contributed by atoms with Gasteiger partial charge in [0.2, 0.25) is 6.33 Å². The van der Waals surface area contributed by atoms with Crippen LogP contribution in [0.15, 0.2) is 18.7 Å². The minimum absolute atomic E-state index is 0.843. The first-order valence-corrected chi connectivity index (χ1v) is 4.52. The van der Waals surface area contributed by atoms with E-state index in [2.05, 4.69) is 27.9 Å². The van der Waals surface area contributed by atoms with Crippen molar-refractivity contribution < 1.29 is 4.57 Å². The van der Waals surface area contributed by atoms with E-state index in [1.807, 2.05) is 0 Å². The number of imidazole rings is 1. The summed E-state index contributed by atoms with van der Waals surface area (Å²) in [7, 11) is 0. The van der Waals surface area contributed by atoms with E-state index in [0.29, 0.717) is 0 Å². The number of hydrogen-bond donors (Lipinski definition) is 0. The molecule has 2 aliphatic rings. The Kier molecular flexibility index (Phi) is 0.989. The first-order chi connectivity index (χ1) is 5.43. The molecule has 2 fully saturated rings. The Labute approximate surface area is 66.5 Å². The molecule has 1 heterocycles. The van der Waals surface area contributed by atoms with Crippen LogP contribution in [0.2, 0.25) is 0 Å². The molecule has 2 heteroatoms. The van der Waals surface area contributed by atoms with E-state index in [-0.39, 0.29) is 0 Å². The molecule has 0 atom stereocenters. The third-order valence-electron chi connectivity index (χ3n) is 2.61. The van der Waals surface area contributed by atoms with Crippen molar-refractivity contribution in [3.05, 3.63) is 18.7 Å². The summed E-state index contributed by atoms with van der Waals surface area (Å²) in [5, 5.41) is 0. The number of nitrogens with zero attached hydrogens (tertiary/aromatic N) is 2. The molecule has 0 saturated heterocycles. The highest BCUT2D eigenvalue weighted by Crippen LogP contribution is 2.35. The molecular weight excluding hydrogens is 136 g/mol. The summed E-state index contributed by atoms with van der Waals surface area (Å²) in [5.41, 5.74) is 0. The maximum Gasteiger partial charge on any atom is 0.244 e. The Hall–Kier alpha value is -0.790. The fourth-order valence-electron chi connectivity index (χ4n) is 1.56. The van der Waals surface area contributed by atoms with Crippen LogP contribution in [0.5, 0.6) is 0 Å². The lowest BCUT2D eigenvalue weighted by atomic mass is 10.7. The average molecular weight is 149 g/mol. The van der Waals surface area contributed by atoms with Crippen LogP contribution in [0.25, 0.3) is 0 Å². The molecule has 0 amide bonds. The average Bonchev–Trinajstić information content (AvgIpc) is 2.90. The third-order valence-corrected chi connectivity index (χ3v) is 2.61. The summed E-state index contributed by atoms with van der Waals surface area (Å²) < 4.78 is 4.72. The van der Waals surface area contributed by atoms with Crippen molar-refractivity contribution in [3.8, 4) is 0 Å². The van der Waals surface area contributed by atoms with Crippen LogP contribution in [0.4, 0.5) is 0 Å². The van der Waals surface area contributed by atoms with Crippen molar-refractivity contribution in [3.63, 3.8) is 0 Å². The second kappa shape index (κ2) is 1.87. The van der Waals surface area contributed by atoms with Gasteiger partial charge in [-0.2, -0.15) is 0 Å². The second-order valence-corrected chi connectivity index (χ2v) is 3.77.